The van der Waals surface area contributed by atoms with Crippen LogP contribution in [0.5, 0.6) is 5.75 Å². The molecule has 3 nitrogen and oxygen atoms in total. The van der Waals surface area contributed by atoms with Crippen LogP contribution < -0.4 is 10.1 Å². The Morgan fingerprint density at radius 1 is 0.958 bits per heavy atom. The summed E-state index contributed by atoms with van der Waals surface area (Å²) in [4.78, 5) is 12.5. The van der Waals surface area contributed by atoms with Crippen LogP contribution in [0.3, 0.4) is 0 Å². The Morgan fingerprint density at radius 3 is 2.33 bits per heavy atom. The molecule has 3 heteroatoms. The van der Waals surface area contributed by atoms with Gasteiger partial charge >= 0.3 is 0 Å². The minimum atomic E-state index is -0.0920. The number of ether oxygens (including phenoxy) is 1. The summed E-state index contributed by atoms with van der Waals surface area (Å²) in [6.45, 7) is 0.643. The van der Waals surface area contributed by atoms with Gasteiger partial charge in [0.05, 0.1) is 12.7 Å². The van der Waals surface area contributed by atoms with Crippen LogP contribution in [0.15, 0.2) is 66.7 Å². The minimum absolute atomic E-state index is 0.0920. The highest BCUT2D eigenvalue weighted by Gasteiger charge is 2.13. The summed E-state index contributed by atoms with van der Waals surface area (Å²) in [5.41, 5.74) is 1.87. The predicted octanol–water partition coefficient (Wildman–Crippen LogP) is 4.21. The van der Waals surface area contributed by atoms with Crippen molar-refractivity contribution in [2.24, 2.45) is 0 Å². The number of carbonyl (C=O) groups excluding carboxylic acids is 1. The Morgan fingerprint density at radius 2 is 1.62 bits per heavy atom. The van der Waals surface area contributed by atoms with Gasteiger partial charge in [0, 0.05) is 6.54 Å². The molecule has 0 atom stereocenters. The van der Waals surface area contributed by atoms with Crippen molar-refractivity contribution in [3.63, 3.8) is 0 Å². The molecular formula is C21H21NO2. The molecule has 0 aliphatic heterocycles. The Hall–Kier alpha value is -2.81. The fraction of sp³-hybridized carbons (Fsp3) is 0.190. The van der Waals surface area contributed by atoms with Crippen molar-refractivity contribution in [2.45, 2.75) is 12.8 Å². The van der Waals surface area contributed by atoms with Gasteiger partial charge in [-0.1, -0.05) is 54.6 Å². The number of rotatable bonds is 6. The highest BCUT2D eigenvalue weighted by molar-refractivity contribution is 6.01. The van der Waals surface area contributed by atoms with E-state index in [2.05, 4.69) is 17.4 Å². The van der Waals surface area contributed by atoms with Gasteiger partial charge in [-0.15, -0.1) is 0 Å². The third-order valence-corrected chi connectivity index (χ3v) is 4.08. The van der Waals surface area contributed by atoms with Crippen molar-refractivity contribution in [1.29, 1.82) is 0 Å². The smallest absolute Gasteiger partial charge is 0.255 e. The van der Waals surface area contributed by atoms with Gasteiger partial charge in [0.25, 0.3) is 5.91 Å². The van der Waals surface area contributed by atoms with Crippen molar-refractivity contribution in [1.82, 2.24) is 5.32 Å². The zero-order valence-corrected chi connectivity index (χ0v) is 13.8. The summed E-state index contributed by atoms with van der Waals surface area (Å²) >= 11 is 0. The summed E-state index contributed by atoms with van der Waals surface area (Å²) in [5, 5.41) is 5.09. The monoisotopic (exact) mass is 319 g/mol. The summed E-state index contributed by atoms with van der Waals surface area (Å²) < 4.78 is 5.39. The summed E-state index contributed by atoms with van der Waals surface area (Å²) in [7, 11) is 1.59. The number of aryl methyl sites for hydroxylation is 1. The lowest BCUT2D eigenvalue weighted by molar-refractivity contribution is 0.0950. The molecule has 0 aromatic heterocycles. The fourth-order valence-corrected chi connectivity index (χ4v) is 2.80. The van der Waals surface area contributed by atoms with Crippen molar-refractivity contribution in [3.8, 4) is 5.75 Å². The second kappa shape index (κ2) is 7.64. The number of nitrogens with one attached hydrogen (secondary N) is 1. The SMILES string of the molecule is COc1cc2ccccc2cc1C(=O)NCCCc1ccccc1. The van der Waals surface area contributed by atoms with E-state index in [0.29, 0.717) is 17.9 Å². The average Bonchev–Trinajstić information content (AvgIpc) is 2.64. The van der Waals surface area contributed by atoms with Gasteiger partial charge in [-0.3, -0.25) is 4.79 Å². The maximum Gasteiger partial charge on any atom is 0.255 e. The zero-order valence-electron chi connectivity index (χ0n) is 13.8. The highest BCUT2D eigenvalue weighted by Crippen LogP contribution is 2.25. The van der Waals surface area contributed by atoms with E-state index >= 15 is 0 Å². The third-order valence-electron chi connectivity index (χ3n) is 4.08. The zero-order chi connectivity index (χ0) is 16.8. The molecular weight excluding hydrogens is 298 g/mol. The van der Waals surface area contributed by atoms with Gasteiger partial charge in [-0.05, 0) is 41.3 Å². The van der Waals surface area contributed by atoms with Gasteiger partial charge in [0.15, 0.2) is 0 Å². The van der Waals surface area contributed by atoms with Gasteiger partial charge < -0.3 is 10.1 Å². The Labute approximate surface area is 142 Å². The molecule has 3 aromatic carbocycles. The number of hydrogen-bond donors (Lipinski definition) is 1. The maximum absolute atomic E-state index is 12.5. The fourth-order valence-electron chi connectivity index (χ4n) is 2.80. The molecule has 0 saturated heterocycles. The molecule has 0 fully saturated rings. The highest BCUT2D eigenvalue weighted by atomic mass is 16.5. The lowest BCUT2D eigenvalue weighted by Gasteiger charge is -2.11. The molecule has 0 unspecified atom stereocenters. The van der Waals surface area contributed by atoms with Gasteiger partial charge in [-0.2, -0.15) is 0 Å². The number of fused-ring (bicyclic) bond motifs is 1. The summed E-state index contributed by atoms with van der Waals surface area (Å²) in [6.07, 6.45) is 1.86. The first-order chi connectivity index (χ1) is 11.8. The molecule has 3 rings (SSSR count). The topological polar surface area (TPSA) is 38.3 Å². The lowest BCUT2D eigenvalue weighted by Crippen LogP contribution is -2.25. The molecule has 0 spiro atoms. The normalized spacial score (nSPS) is 10.5. The number of carbonyl (C=O) groups is 1. The van der Waals surface area contributed by atoms with Crippen molar-refractivity contribution in [3.05, 3.63) is 77.9 Å². The second-order valence-corrected chi connectivity index (χ2v) is 5.74. The van der Waals surface area contributed by atoms with Crippen molar-refractivity contribution >= 4 is 16.7 Å². The maximum atomic E-state index is 12.5. The average molecular weight is 319 g/mol. The van der Waals surface area contributed by atoms with Crippen LogP contribution in [0.4, 0.5) is 0 Å². The molecule has 3 aromatic rings. The van der Waals surface area contributed by atoms with Crippen molar-refractivity contribution < 1.29 is 9.53 Å². The van der Waals surface area contributed by atoms with E-state index in [1.165, 1.54) is 5.56 Å². The van der Waals surface area contributed by atoms with E-state index in [9.17, 15) is 4.79 Å². The van der Waals surface area contributed by atoms with E-state index in [-0.39, 0.29) is 5.91 Å². The molecule has 0 aliphatic carbocycles. The first-order valence-electron chi connectivity index (χ1n) is 8.17. The Bertz CT molecular complexity index is 828. The molecule has 0 bridgehead atoms. The summed E-state index contributed by atoms with van der Waals surface area (Å²) in [6, 6.07) is 22.1. The number of methoxy groups -OCH3 is 1. The Kier molecular flexibility index (Phi) is 5.12. The first-order valence-corrected chi connectivity index (χ1v) is 8.17. The van der Waals surface area contributed by atoms with Crippen LogP contribution in [0.2, 0.25) is 0 Å². The van der Waals surface area contributed by atoms with Crippen LogP contribution in [-0.2, 0) is 6.42 Å². The molecule has 0 saturated carbocycles. The van der Waals surface area contributed by atoms with Crippen LogP contribution in [-0.4, -0.2) is 19.6 Å². The Balaban J connectivity index is 1.65. The predicted molar refractivity (Wildman–Crippen MR) is 97.6 cm³/mol. The first kappa shape index (κ1) is 16.1. The molecule has 0 heterocycles. The van der Waals surface area contributed by atoms with Crippen LogP contribution in [0, 0.1) is 0 Å². The molecule has 122 valence electrons. The largest absolute Gasteiger partial charge is 0.496 e. The molecule has 1 amide bonds. The standard InChI is InChI=1S/C21H21NO2/c1-24-20-15-18-12-6-5-11-17(18)14-19(20)21(23)22-13-7-10-16-8-3-2-4-9-16/h2-6,8-9,11-12,14-15H,7,10,13H2,1H3,(H,22,23). The van der Waals surface area contributed by atoms with E-state index in [4.69, 9.17) is 4.74 Å². The van der Waals surface area contributed by atoms with Gasteiger partial charge in [0.1, 0.15) is 5.75 Å². The van der Waals surface area contributed by atoms with Gasteiger partial charge in [0.2, 0.25) is 0 Å². The van der Waals surface area contributed by atoms with Gasteiger partial charge in [-0.25, -0.2) is 0 Å². The second-order valence-electron chi connectivity index (χ2n) is 5.74. The van der Waals surface area contributed by atoms with Crippen LogP contribution >= 0.6 is 0 Å². The van der Waals surface area contributed by atoms with E-state index < -0.39 is 0 Å². The molecule has 1 N–H and O–H groups in total. The molecule has 0 aliphatic rings. The van der Waals surface area contributed by atoms with Crippen molar-refractivity contribution in [2.75, 3.05) is 13.7 Å². The number of benzene rings is 3. The minimum Gasteiger partial charge on any atom is -0.496 e. The van der Waals surface area contributed by atoms with E-state index in [1.807, 2.05) is 54.6 Å². The molecule has 24 heavy (non-hydrogen) atoms. The summed E-state index contributed by atoms with van der Waals surface area (Å²) in [5.74, 6) is 0.514. The van der Waals surface area contributed by atoms with Crippen LogP contribution in [0.1, 0.15) is 22.3 Å². The quantitative estimate of drug-likeness (QED) is 0.691. The van der Waals surface area contributed by atoms with E-state index in [1.54, 1.807) is 7.11 Å². The molecule has 0 radical (unpaired) electrons. The van der Waals surface area contributed by atoms with Crippen LogP contribution in [0.25, 0.3) is 10.8 Å². The number of hydrogen-bond acceptors (Lipinski definition) is 2. The number of amides is 1. The lowest BCUT2D eigenvalue weighted by atomic mass is 10.1. The third kappa shape index (κ3) is 3.74. The van der Waals surface area contributed by atoms with E-state index in [0.717, 1.165) is 23.6 Å².